The van der Waals surface area contributed by atoms with E-state index >= 15 is 0 Å². The van der Waals surface area contributed by atoms with Crippen LogP contribution in [-0.2, 0) is 19.6 Å². The zero-order valence-corrected chi connectivity index (χ0v) is 19.0. The number of benzene rings is 1. The van der Waals surface area contributed by atoms with Gasteiger partial charge in [-0.2, -0.15) is 4.31 Å². The van der Waals surface area contributed by atoms with Gasteiger partial charge in [-0.1, -0.05) is 6.07 Å². The third-order valence-corrected chi connectivity index (χ3v) is 8.36. The Bertz CT molecular complexity index is 1080. The van der Waals surface area contributed by atoms with Crippen LogP contribution in [0.5, 0.6) is 0 Å². The molecule has 2 fully saturated rings. The van der Waals surface area contributed by atoms with E-state index in [0.29, 0.717) is 17.8 Å². The minimum absolute atomic E-state index is 0.139. The van der Waals surface area contributed by atoms with Gasteiger partial charge in [0.25, 0.3) is 5.91 Å². The number of morpholine rings is 1. The first-order chi connectivity index (χ1) is 15.4. The molecule has 2 aromatic rings. The van der Waals surface area contributed by atoms with E-state index in [0.717, 1.165) is 25.0 Å². The molecule has 0 spiro atoms. The Morgan fingerprint density at radius 1 is 1.12 bits per heavy atom. The summed E-state index contributed by atoms with van der Waals surface area (Å²) < 4.78 is 46.6. The van der Waals surface area contributed by atoms with Gasteiger partial charge < -0.3 is 15.0 Å². The normalized spacial score (nSPS) is 20.2. The van der Waals surface area contributed by atoms with Gasteiger partial charge in [-0.05, 0) is 48.9 Å². The Morgan fingerprint density at radius 2 is 1.91 bits per heavy atom. The van der Waals surface area contributed by atoms with Crippen LogP contribution in [-0.4, -0.2) is 68.3 Å². The average Bonchev–Trinajstić information content (AvgIpc) is 3.35. The van der Waals surface area contributed by atoms with Crippen LogP contribution in [0, 0.1) is 5.82 Å². The number of carbonyl (C=O) groups excluding carboxylic acids is 2. The summed E-state index contributed by atoms with van der Waals surface area (Å²) in [5.74, 6) is -1.51. The van der Waals surface area contributed by atoms with Crippen molar-refractivity contribution in [3.63, 3.8) is 0 Å². The fourth-order valence-corrected chi connectivity index (χ4v) is 6.10. The van der Waals surface area contributed by atoms with Crippen molar-refractivity contribution in [1.82, 2.24) is 9.21 Å². The summed E-state index contributed by atoms with van der Waals surface area (Å²) >= 11 is 1.32. The van der Waals surface area contributed by atoms with Gasteiger partial charge in [0.1, 0.15) is 16.8 Å². The Morgan fingerprint density at radius 3 is 2.62 bits per heavy atom. The van der Waals surface area contributed by atoms with Crippen LogP contribution < -0.4 is 5.32 Å². The van der Waals surface area contributed by atoms with Crippen LogP contribution in [0.4, 0.5) is 10.1 Å². The molecule has 3 heterocycles. The number of likely N-dealkylation sites (tertiary alicyclic amines) is 1. The molecular formula is C21H24FN3O5S2. The SMILES string of the molecule is O=C(Nc1ccc(F)c(S(=O)(=O)N2CCOCC2)c1)C1CCCCN1C(=O)c1cccs1. The first kappa shape index (κ1) is 22.8. The number of rotatable bonds is 5. The largest absolute Gasteiger partial charge is 0.379 e. The van der Waals surface area contributed by atoms with Crippen LogP contribution >= 0.6 is 11.3 Å². The number of hydrogen-bond acceptors (Lipinski definition) is 6. The summed E-state index contributed by atoms with van der Waals surface area (Å²) in [7, 11) is -4.07. The van der Waals surface area contributed by atoms with Crippen molar-refractivity contribution >= 4 is 38.9 Å². The molecule has 1 N–H and O–H groups in total. The molecule has 2 aliphatic rings. The lowest BCUT2D eigenvalue weighted by atomic mass is 10.0. The molecule has 1 unspecified atom stereocenters. The number of anilines is 1. The number of ether oxygens (including phenoxy) is 1. The number of sulfonamides is 1. The number of carbonyl (C=O) groups is 2. The van der Waals surface area contributed by atoms with Crippen molar-refractivity contribution in [2.75, 3.05) is 38.2 Å². The van der Waals surface area contributed by atoms with E-state index < -0.39 is 32.7 Å². The molecule has 2 saturated heterocycles. The summed E-state index contributed by atoms with van der Waals surface area (Å²) in [6.07, 6.45) is 2.11. The molecule has 4 rings (SSSR count). The maximum atomic E-state index is 14.4. The highest BCUT2D eigenvalue weighted by Gasteiger charge is 2.34. The lowest BCUT2D eigenvalue weighted by Gasteiger charge is -2.34. The second kappa shape index (κ2) is 9.65. The number of halogens is 1. The standard InChI is InChI=1S/C21H24FN3O5S2/c22-16-7-6-15(14-19(16)32(28,29)24-9-11-30-12-10-24)23-20(26)17-4-1-2-8-25(17)21(27)18-5-3-13-31-18/h3,5-7,13-14,17H,1-2,4,8-12H2,(H,23,26). The van der Waals surface area contributed by atoms with Crippen LogP contribution in [0.25, 0.3) is 0 Å². The van der Waals surface area contributed by atoms with Gasteiger partial charge >= 0.3 is 0 Å². The Kier molecular flexibility index (Phi) is 6.89. The van der Waals surface area contributed by atoms with E-state index in [-0.39, 0.29) is 37.9 Å². The minimum atomic E-state index is -4.07. The highest BCUT2D eigenvalue weighted by Crippen LogP contribution is 2.26. The maximum Gasteiger partial charge on any atom is 0.264 e. The number of nitrogens with zero attached hydrogens (tertiary/aromatic N) is 2. The van der Waals surface area contributed by atoms with Crippen molar-refractivity contribution in [3.8, 4) is 0 Å². The zero-order valence-electron chi connectivity index (χ0n) is 17.3. The second-order valence-corrected chi connectivity index (χ2v) is 10.5. The molecule has 0 saturated carbocycles. The van der Waals surface area contributed by atoms with E-state index in [1.54, 1.807) is 22.4 Å². The van der Waals surface area contributed by atoms with Gasteiger partial charge in [0.05, 0.1) is 18.1 Å². The summed E-state index contributed by atoms with van der Waals surface area (Å²) in [6, 6.07) is 6.30. The monoisotopic (exact) mass is 481 g/mol. The summed E-state index contributed by atoms with van der Waals surface area (Å²) in [5.41, 5.74) is 0.164. The molecule has 0 aliphatic carbocycles. The van der Waals surface area contributed by atoms with Crippen LogP contribution in [0.3, 0.4) is 0 Å². The van der Waals surface area contributed by atoms with Crippen molar-refractivity contribution in [3.05, 3.63) is 46.4 Å². The van der Waals surface area contributed by atoms with Crippen molar-refractivity contribution in [2.45, 2.75) is 30.2 Å². The number of piperidine rings is 1. The van der Waals surface area contributed by atoms with Crippen molar-refractivity contribution < 1.29 is 27.1 Å². The summed E-state index contributed by atoms with van der Waals surface area (Å²) in [4.78, 5) is 27.5. The second-order valence-electron chi connectivity index (χ2n) is 7.64. The number of hydrogen-bond donors (Lipinski definition) is 1. The van der Waals surface area contributed by atoms with E-state index in [9.17, 15) is 22.4 Å². The lowest BCUT2D eigenvalue weighted by molar-refractivity contribution is -0.121. The fraction of sp³-hybridized carbons (Fsp3) is 0.429. The number of nitrogens with one attached hydrogen (secondary N) is 1. The molecule has 2 amide bonds. The molecule has 1 atom stereocenters. The number of thiophene rings is 1. The molecule has 8 nitrogen and oxygen atoms in total. The molecule has 2 aliphatic heterocycles. The quantitative estimate of drug-likeness (QED) is 0.708. The molecular weight excluding hydrogens is 457 g/mol. The van der Waals surface area contributed by atoms with Gasteiger partial charge in [-0.25, -0.2) is 12.8 Å². The fourth-order valence-electron chi connectivity index (χ4n) is 3.92. The van der Waals surface area contributed by atoms with E-state index in [1.807, 2.05) is 0 Å². The molecule has 0 bridgehead atoms. The number of amides is 2. The highest BCUT2D eigenvalue weighted by atomic mass is 32.2. The summed E-state index contributed by atoms with van der Waals surface area (Å²) in [5, 5.41) is 4.49. The lowest BCUT2D eigenvalue weighted by Crippen LogP contribution is -2.49. The van der Waals surface area contributed by atoms with E-state index in [2.05, 4.69) is 5.32 Å². The van der Waals surface area contributed by atoms with Crippen molar-refractivity contribution in [1.29, 1.82) is 0 Å². The first-order valence-electron chi connectivity index (χ1n) is 10.4. The van der Waals surface area contributed by atoms with Gasteiger partial charge in [0.2, 0.25) is 15.9 Å². The molecule has 1 aromatic carbocycles. The predicted molar refractivity (Wildman–Crippen MR) is 118 cm³/mol. The van der Waals surface area contributed by atoms with Gasteiger partial charge in [-0.3, -0.25) is 9.59 Å². The zero-order chi connectivity index (χ0) is 22.7. The average molecular weight is 482 g/mol. The van der Waals surface area contributed by atoms with Crippen LogP contribution in [0.1, 0.15) is 28.9 Å². The van der Waals surface area contributed by atoms with E-state index in [1.165, 1.54) is 21.7 Å². The molecule has 172 valence electrons. The van der Waals surface area contributed by atoms with Gasteiger partial charge in [-0.15, -0.1) is 11.3 Å². The van der Waals surface area contributed by atoms with Gasteiger partial charge in [0.15, 0.2) is 0 Å². The van der Waals surface area contributed by atoms with Crippen molar-refractivity contribution in [2.24, 2.45) is 0 Å². The summed E-state index contributed by atoms with van der Waals surface area (Å²) in [6.45, 7) is 1.23. The molecule has 32 heavy (non-hydrogen) atoms. The topological polar surface area (TPSA) is 96.0 Å². The molecule has 1 aromatic heterocycles. The predicted octanol–water partition coefficient (Wildman–Crippen LogP) is 2.54. The van der Waals surface area contributed by atoms with E-state index in [4.69, 9.17) is 4.74 Å². The highest BCUT2D eigenvalue weighted by molar-refractivity contribution is 7.89. The Labute approximate surface area is 190 Å². The third kappa shape index (κ3) is 4.70. The smallest absolute Gasteiger partial charge is 0.264 e. The first-order valence-corrected chi connectivity index (χ1v) is 12.7. The maximum absolute atomic E-state index is 14.4. The Balaban J connectivity index is 1.54. The molecule has 11 heteroatoms. The molecule has 0 radical (unpaired) electrons. The van der Waals surface area contributed by atoms with Crippen LogP contribution in [0.15, 0.2) is 40.6 Å². The van der Waals surface area contributed by atoms with Gasteiger partial charge in [0, 0.05) is 25.3 Å². The third-order valence-electron chi connectivity index (χ3n) is 5.58. The Hall–Kier alpha value is -2.34. The minimum Gasteiger partial charge on any atom is -0.379 e. The van der Waals surface area contributed by atoms with Crippen LogP contribution in [0.2, 0.25) is 0 Å².